The van der Waals surface area contributed by atoms with Crippen molar-refractivity contribution < 1.29 is 4.79 Å². The zero-order valence-corrected chi connectivity index (χ0v) is 12.0. The molecule has 0 aromatic heterocycles. The summed E-state index contributed by atoms with van der Waals surface area (Å²) in [6.45, 7) is 14.3. The average Bonchev–Trinajstić information content (AvgIpc) is 2.32. The van der Waals surface area contributed by atoms with Crippen molar-refractivity contribution in [2.24, 2.45) is 0 Å². The summed E-state index contributed by atoms with van der Waals surface area (Å²) in [5, 5.41) is 6.24. The molecular weight excluding hydrogens is 214 g/mol. The van der Waals surface area contributed by atoms with E-state index in [4.69, 9.17) is 0 Å². The number of nitrogens with one attached hydrogen (secondary N) is 2. The van der Waals surface area contributed by atoms with Crippen molar-refractivity contribution in [2.75, 3.05) is 26.2 Å². The van der Waals surface area contributed by atoms with Gasteiger partial charge in [-0.25, -0.2) is 0 Å². The standard InChI is InChI=1S/C13H29N3O/c1-6-9-14-13(17)12(5)15-11(4)10-16(7-2)8-3/h11-12,15H,6-10H2,1-5H3,(H,14,17). The second-order valence-electron chi connectivity index (χ2n) is 4.57. The van der Waals surface area contributed by atoms with Gasteiger partial charge in [-0.15, -0.1) is 0 Å². The van der Waals surface area contributed by atoms with Crippen LogP contribution in [0.1, 0.15) is 41.0 Å². The Morgan fingerprint density at radius 1 is 1.18 bits per heavy atom. The van der Waals surface area contributed by atoms with Gasteiger partial charge in [0.05, 0.1) is 6.04 Å². The normalized spacial score (nSPS) is 14.7. The fraction of sp³-hybridized carbons (Fsp3) is 0.923. The highest BCUT2D eigenvalue weighted by atomic mass is 16.2. The third-order valence-corrected chi connectivity index (χ3v) is 2.90. The summed E-state index contributed by atoms with van der Waals surface area (Å²) < 4.78 is 0. The van der Waals surface area contributed by atoms with Crippen LogP contribution in [0.4, 0.5) is 0 Å². The number of nitrogens with zero attached hydrogens (tertiary/aromatic N) is 1. The molecule has 0 spiro atoms. The summed E-state index contributed by atoms with van der Waals surface area (Å²) in [5.41, 5.74) is 0. The Kier molecular flexibility index (Phi) is 9.09. The third-order valence-electron chi connectivity index (χ3n) is 2.90. The predicted octanol–water partition coefficient (Wildman–Crippen LogP) is 1.22. The fourth-order valence-electron chi connectivity index (χ4n) is 1.83. The Morgan fingerprint density at radius 3 is 2.24 bits per heavy atom. The molecule has 0 rings (SSSR count). The van der Waals surface area contributed by atoms with Gasteiger partial charge >= 0.3 is 0 Å². The molecule has 4 nitrogen and oxygen atoms in total. The predicted molar refractivity (Wildman–Crippen MR) is 73.1 cm³/mol. The van der Waals surface area contributed by atoms with Crippen molar-refractivity contribution >= 4 is 5.91 Å². The van der Waals surface area contributed by atoms with E-state index in [1.165, 1.54) is 0 Å². The van der Waals surface area contributed by atoms with Gasteiger partial charge in [0.2, 0.25) is 5.91 Å². The minimum atomic E-state index is -0.118. The lowest BCUT2D eigenvalue weighted by Crippen LogP contribution is -2.49. The summed E-state index contributed by atoms with van der Waals surface area (Å²) in [5.74, 6) is 0.0956. The quantitative estimate of drug-likeness (QED) is 0.640. The molecule has 0 saturated heterocycles. The molecule has 0 bridgehead atoms. The fourth-order valence-corrected chi connectivity index (χ4v) is 1.83. The molecule has 0 saturated carbocycles. The van der Waals surface area contributed by atoms with Crippen LogP contribution in [0.5, 0.6) is 0 Å². The van der Waals surface area contributed by atoms with E-state index in [1.54, 1.807) is 0 Å². The smallest absolute Gasteiger partial charge is 0.236 e. The molecule has 1 amide bonds. The SMILES string of the molecule is CCCNC(=O)C(C)NC(C)CN(CC)CC. The van der Waals surface area contributed by atoms with Gasteiger partial charge in [0.15, 0.2) is 0 Å². The molecule has 4 heteroatoms. The molecule has 0 aromatic rings. The second kappa shape index (κ2) is 9.42. The topological polar surface area (TPSA) is 44.4 Å². The zero-order chi connectivity index (χ0) is 13.3. The van der Waals surface area contributed by atoms with E-state index in [9.17, 15) is 4.79 Å². The summed E-state index contributed by atoms with van der Waals surface area (Å²) in [7, 11) is 0. The largest absolute Gasteiger partial charge is 0.355 e. The summed E-state index contributed by atoms with van der Waals surface area (Å²) in [4.78, 5) is 14.0. The highest BCUT2D eigenvalue weighted by Crippen LogP contribution is 1.94. The molecule has 102 valence electrons. The van der Waals surface area contributed by atoms with Crippen LogP contribution in [0.15, 0.2) is 0 Å². The Morgan fingerprint density at radius 2 is 1.76 bits per heavy atom. The first kappa shape index (κ1) is 16.4. The van der Waals surface area contributed by atoms with Gasteiger partial charge in [0.25, 0.3) is 0 Å². The van der Waals surface area contributed by atoms with Crippen molar-refractivity contribution in [1.82, 2.24) is 15.5 Å². The van der Waals surface area contributed by atoms with E-state index < -0.39 is 0 Å². The van der Waals surface area contributed by atoms with Crippen LogP contribution in [0.25, 0.3) is 0 Å². The van der Waals surface area contributed by atoms with Crippen LogP contribution in [-0.2, 0) is 4.79 Å². The van der Waals surface area contributed by atoms with E-state index in [1.807, 2.05) is 6.92 Å². The van der Waals surface area contributed by atoms with Gasteiger partial charge in [-0.3, -0.25) is 4.79 Å². The Labute approximate surface area is 106 Å². The van der Waals surface area contributed by atoms with Crippen LogP contribution in [0, 0.1) is 0 Å². The Balaban J connectivity index is 3.93. The van der Waals surface area contributed by atoms with Crippen LogP contribution in [0.3, 0.4) is 0 Å². The molecule has 0 fully saturated rings. The van der Waals surface area contributed by atoms with E-state index in [0.717, 1.165) is 32.6 Å². The Hall–Kier alpha value is -0.610. The monoisotopic (exact) mass is 243 g/mol. The number of carbonyl (C=O) groups is 1. The Bertz CT molecular complexity index is 205. The molecule has 0 aliphatic rings. The van der Waals surface area contributed by atoms with Gasteiger partial charge in [0.1, 0.15) is 0 Å². The lowest BCUT2D eigenvalue weighted by Gasteiger charge is -2.25. The molecule has 0 radical (unpaired) electrons. The number of hydrogen-bond acceptors (Lipinski definition) is 3. The molecule has 2 N–H and O–H groups in total. The first-order chi connectivity index (χ1) is 8.04. The van der Waals surface area contributed by atoms with E-state index in [2.05, 4.69) is 43.2 Å². The molecule has 17 heavy (non-hydrogen) atoms. The summed E-state index contributed by atoms with van der Waals surface area (Å²) in [6.07, 6.45) is 0.980. The number of hydrogen-bond donors (Lipinski definition) is 2. The maximum atomic E-state index is 11.7. The first-order valence-electron chi connectivity index (χ1n) is 6.81. The van der Waals surface area contributed by atoms with Gasteiger partial charge in [-0.2, -0.15) is 0 Å². The van der Waals surface area contributed by atoms with Crippen LogP contribution in [-0.4, -0.2) is 49.1 Å². The average molecular weight is 243 g/mol. The minimum Gasteiger partial charge on any atom is -0.355 e. The van der Waals surface area contributed by atoms with Crippen molar-refractivity contribution in [3.63, 3.8) is 0 Å². The van der Waals surface area contributed by atoms with Crippen LogP contribution in [0.2, 0.25) is 0 Å². The lowest BCUT2D eigenvalue weighted by molar-refractivity contribution is -0.122. The number of carbonyl (C=O) groups excluding carboxylic acids is 1. The minimum absolute atomic E-state index is 0.0956. The highest BCUT2D eigenvalue weighted by molar-refractivity contribution is 5.81. The van der Waals surface area contributed by atoms with Gasteiger partial charge in [-0.1, -0.05) is 20.8 Å². The van der Waals surface area contributed by atoms with Gasteiger partial charge < -0.3 is 15.5 Å². The molecule has 0 aliphatic heterocycles. The third kappa shape index (κ3) is 7.34. The molecular formula is C13H29N3O. The molecule has 2 atom stereocenters. The van der Waals surface area contributed by atoms with Crippen LogP contribution < -0.4 is 10.6 Å². The van der Waals surface area contributed by atoms with Crippen molar-refractivity contribution in [3.8, 4) is 0 Å². The molecule has 0 heterocycles. The van der Waals surface area contributed by atoms with Crippen molar-refractivity contribution in [1.29, 1.82) is 0 Å². The first-order valence-corrected chi connectivity index (χ1v) is 6.81. The zero-order valence-electron chi connectivity index (χ0n) is 12.0. The summed E-state index contributed by atoms with van der Waals surface area (Å²) in [6, 6.07) is 0.212. The number of amides is 1. The van der Waals surface area contributed by atoms with Crippen molar-refractivity contribution in [2.45, 2.75) is 53.1 Å². The molecule has 0 aliphatic carbocycles. The highest BCUT2D eigenvalue weighted by Gasteiger charge is 2.15. The maximum absolute atomic E-state index is 11.7. The summed E-state index contributed by atoms with van der Waals surface area (Å²) >= 11 is 0. The van der Waals surface area contributed by atoms with Gasteiger partial charge in [-0.05, 0) is 33.4 Å². The van der Waals surface area contributed by atoms with Crippen LogP contribution >= 0.6 is 0 Å². The van der Waals surface area contributed by atoms with E-state index >= 15 is 0 Å². The number of likely N-dealkylation sites (N-methyl/N-ethyl adjacent to an activating group) is 1. The molecule has 2 unspecified atom stereocenters. The van der Waals surface area contributed by atoms with Gasteiger partial charge in [0, 0.05) is 19.1 Å². The van der Waals surface area contributed by atoms with Crippen molar-refractivity contribution in [3.05, 3.63) is 0 Å². The lowest BCUT2D eigenvalue weighted by atomic mass is 10.2. The maximum Gasteiger partial charge on any atom is 0.236 e. The number of rotatable bonds is 9. The molecule has 0 aromatic carbocycles. The second-order valence-corrected chi connectivity index (χ2v) is 4.57. The van der Waals surface area contributed by atoms with E-state index in [0.29, 0.717) is 6.04 Å². The van der Waals surface area contributed by atoms with E-state index in [-0.39, 0.29) is 11.9 Å².